The maximum Gasteiger partial charge on any atom is 0.295 e. The lowest BCUT2D eigenvalue weighted by Gasteiger charge is -2.40. The number of anilines is 1. The summed E-state index contributed by atoms with van der Waals surface area (Å²) in [6, 6.07) is 7.91. The number of piperidine rings is 2. The number of nitrogens with zero attached hydrogens (tertiary/aromatic N) is 5. The van der Waals surface area contributed by atoms with E-state index in [2.05, 4.69) is 25.8 Å². The summed E-state index contributed by atoms with van der Waals surface area (Å²) < 4.78 is 42.2. The summed E-state index contributed by atoms with van der Waals surface area (Å²) in [5.74, 6) is -1.37. The maximum atomic E-state index is 14.2. The number of alkyl halides is 2. The fourth-order valence-corrected chi connectivity index (χ4v) is 7.29. The van der Waals surface area contributed by atoms with Gasteiger partial charge in [0.1, 0.15) is 30.0 Å². The predicted molar refractivity (Wildman–Crippen MR) is 171 cm³/mol. The lowest BCUT2D eigenvalue weighted by atomic mass is 9.87. The van der Waals surface area contributed by atoms with Crippen LogP contribution in [0.4, 0.5) is 14.6 Å². The van der Waals surface area contributed by atoms with Gasteiger partial charge in [-0.15, -0.1) is 0 Å². The molecule has 1 unspecified atom stereocenters. The number of aliphatic hydroxyl groups is 1. The Hall–Kier alpha value is -3.19. The number of carbonyl (C=O) groups excluding carboxylic acids is 1. The lowest BCUT2D eigenvalue weighted by Crippen LogP contribution is -2.46. The number of fused-ring (bicyclic) bond motifs is 3. The molecular weight excluding hydrogens is 594 g/mol. The number of nitrogens with one attached hydrogen (secondary N) is 1. The Morgan fingerprint density at radius 3 is 2.61 bits per heavy atom. The molecule has 0 bridgehead atoms. The van der Waals surface area contributed by atoms with E-state index < -0.39 is 12.5 Å². The van der Waals surface area contributed by atoms with Gasteiger partial charge in [0.25, 0.3) is 5.92 Å². The average molecular weight is 641 g/mol. The summed E-state index contributed by atoms with van der Waals surface area (Å²) in [5, 5.41) is 13.5. The third-order valence-corrected chi connectivity index (χ3v) is 9.99. The van der Waals surface area contributed by atoms with Gasteiger partial charge >= 0.3 is 0 Å². The van der Waals surface area contributed by atoms with Crippen molar-refractivity contribution in [1.82, 2.24) is 24.3 Å². The van der Waals surface area contributed by atoms with Gasteiger partial charge in [0, 0.05) is 56.5 Å². The fraction of sp³-hybridized carbons (Fsp3) is 0.618. The van der Waals surface area contributed by atoms with Gasteiger partial charge in [0.2, 0.25) is 5.91 Å². The first-order valence-corrected chi connectivity index (χ1v) is 16.5. The van der Waals surface area contributed by atoms with Crippen LogP contribution in [0, 0.1) is 18.8 Å². The number of carbonyl (C=O) groups is 1. The standard InChI is InChI=1S/C34H46F2N6O4/c1-22(26-5-4-6-27(19-26)34(35,36)21-43)37-31-28-20-29-30(46-18-16-42(29)32(28)39-23(2)38-31)24-9-13-41(14-10-24)33(44)25-7-11-40(12-8-25)15-17-45-3/h4-6,19-20,22,24-25,30,43H,7-18,21H2,1-3H3,(H,37,38,39)/t22-,30?/m1/s1. The summed E-state index contributed by atoms with van der Waals surface area (Å²) in [4.78, 5) is 27.3. The Morgan fingerprint density at radius 1 is 1.13 bits per heavy atom. The van der Waals surface area contributed by atoms with E-state index in [1.54, 1.807) is 19.2 Å². The Balaban J connectivity index is 1.15. The lowest BCUT2D eigenvalue weighted by molar-refractivity contribution is -0.139. The molecule has 250 valence electrons. The van der Waals surface area contributed by atoms with Crippen LogP contribution in [0.15, 0.2) is 30.3 Å². The molecule has 1 aromatic carbocycles. The summed E-state index contributed by atoms with van der Waals surface area (Å²) >= 11 is 0. The highest BCUT2D eigenvalue weighted by Crippen LogP contribution is 2.40. The number of methoxy groups -OCH3 is 1. The zero-order chi connectivity index (χ0) is 32.4. The molecule has 0 radical (unpaired) electrons. The number of aliphatic hydroxyl groups excluding tert-OH is 1. The van der Waals surface area contributed by atoms with Crippen LogP contribution in [-0.2, 0) is 26.7 Å². The SMILES string of the molecule is COCCN1CCC(C(=O)N2CCC(C3OCCn4c3cc3c(N[C@H](C)c5cccc(C(F)(F)CO)c5)nc(C)nc34)CC2)CC1. The van der Waals surface area contributed by atoms with Crippen molar-refractivity contribution in [1.29, 1.82) is 0 Å². The van der Waals surface area contributed by atoms with Crippen molar-refractivity contribution in [3.05, 3.63) is 53.0 Å². The Morgan fingerprint density at radius 2 is 1.89 bits per heavy atom. The second-order valence-corrected chi connectivity index (χ2v) is 13.0. The van der Waals surface area contributed by atoms with E-state index in [0.29, 0.717) is 36.3 Å². The Kier molecular flexibility index (Phi) is 9.88. The van der Waals surface area contributed by atoms with E-state index in [9.17, 15) is 13.6 Å². The maximum absolute atomic E-state index is 14.2. The molecule has 0 spiro atoms. The van der Waals surface area contributed by atoms with E-state index in [1.807, 2.05) is 13.8 Å². The van der Waals surface area contributed by atoms with Crippen LogP contribution in [0.2, 0.25) is 0 Å². The minimum atomic E-state index is -3.31. The zero-order valence-electron chi connectivity index (χ0n) is 27.1. The molecule has 3 aromatic rings. The van der Waals surface area contributed by atoms with Crippen LogP contribution in [0.1, 0.15) is 67.4 Å². The van der Waals surface area contributed by atoms with E-state index in [0.717, 1.165) is 81.7 Å². The van der Waals surface area contributed by atoms with Crippen molar-refractivity contribution in [2.24, 2.45) is 11.8 Å². The minimum Gasteiger partial charge on any atom is -0.390 e. The molecule has 0 aliphatic carbocycles. The summed E-state index contributed by atoms with van der Waals surface area (Å²) in [6.45, 7) is 8.79. The van der Waals surface area contributed by atoms with Crippen molar-refractivity contribution in [3.8, 4) is 0 Å². The number of aryl methyl sites for hydroxylation is 1. The van der Waals surface area contributed by atoms with Crippen LogP contribution in [0.25, 0.3) is 11.0 Å². The Labute approximate surface area is 269 Å². The van der Waals surface area contributed by atoms with Gasteiger partial charge in [0.15, 0.2) is 0 Å². The largest absolute Gasteiger partial charge is 0.390 e. The number of aromatic nitrogens is 3. The van der Waals surface area contributed by atoms with Gasteiger partial charge < -0.3 is 34.3 Å². The molecule has 10 nitrogen and oxygen atoms in total. The van der Waals surface area contributed by atoms with E-state index in [4.69, 9.17) is 24.5 Å². The van der Waals surface area contributed by atoms with Crippen molar-refractivity contribution in [2.45, 2.75) is 64.1 Å². The first-order valence-electron chi connectivity index (χ1n) is 16.5. The van der Waals surface area contributed by atoms with Crippen molar-refractivity contribution < 1.29 is 28.2 Å². The van der Waals surface area contributed by atoms with Gasteiger partial charge in [-0.2, -0.15) is 8.78 Å². The summed E-state index contributed by atoms with van der Waals surface area (Å²) in [5.41, 5.74) is 2.34. The fourth-order valence-electron chi connectivity index (χ4n) is 7.29. The van der Waals surface area contributed by atoms with Crippen LogP contribution in [0.5, 0.6) is 0 Å². The molecule has 3 aliphatic heterocycles. The van der Waals surface area contributed by atoms with E-state index >= 15 is 0 Å². The number of likely N-dealkylation sites (tertiary alicyclic amines) is 2. The monoisotopic (exact) mass is 640 g/mol. The van der Waals surface area contributed by atoms with Crippen molar-refractivity contribution >= 4 is 22.8 Å². The molecule has 2 aromatic heterocycles. The number of hydrogen-bond donors (Lipinski definition) is 2. The number of hydrogen-bond acceptors (Lipinski definition) is 8. The van der Waals surface area contributed by atoms with Gasteiger partial charge in [-0.3, -0.25) is 4.79 Å². The first-order chi connectivity index (χ1) is 22.2. The second-order valence-electron chi connectivity index (χ2n) is 13.0. The highest BCUT2D eigenvalue weighted by Gasteiger charge is 2.37. The smallest absolute Gasteiger partial charge is 0.295 e. The van der Waals surface area contributed by atoms with Gasteiger partial charge in [-0.25, -0.2) is 9.97 Å². The van der Waals surface area contributed by atoms with Gasteiger partial charge in [-0.05, 0) is 76.2 Å². The van der Waals surface area contributed by atoms with Crippen molar-refractivity contribution in [3.63, 3.8) is 0 Å². The van der Waals surface area contributed by atoms with Crippen LogP contribution in [-0.4, -0.2) is 95.0 Å². The number of halogens is 2. The van der Waals surface area contributed by atoms with Crippen LogP contribution in [0.3, 0.4) is 0 Å². The number of benzene rings is 1. The summed E-state index contributed by atoms with van der Waals surface area (Å²) in [7, 11) is 1.72. The van der Waals surface area contributed by atoms with Crippen molar-refractivity contribution in [2.75, 3.05) is 65.0 Å². The van der Waals surface area contributed by atoms with Crippen LogP contribution >= 0.6 is 0 Å². The topological polar surface area (TPSA) is 105 Å². The molecule has 2 saturated heterocycles. The molecular formula is C34H46F2N6O4. The normalized spacial score (nSPS) is 21.0. The second kappa shape index (κ2) is 13.9. The molecule has 2 atom stereocenters. The highest BCUT2D eigenvalue weighted by molar-refractivity contribution is 5.89. The number of rotatable bonds is 10. The molecule has 0 saturated carbocycles. The van der Waals surface area contributed by atoms with Gasteiger partial charge in [0.05, 0.1) is 18.6 Å². The van der Waals surface area contributed by atoms with Crippen LogP contribution < -0.4 is 5.32 Å². The third kappa shape index (κ3) is 6.76. The summed E-state index contributed by atoms with van der Waals surface area (Å²) in [6.07, 6.45) is 3.47. The van der Waals surface area contributed by atoms with E-state index in [-0.39, 0.29) is 29.5 Å². The average Bonchev–Trinajstić information content (AvgIpc) is 3.46. The third-order valence-electron chi connectivity index (χ3n) is 9.99. The quantitative estimate of drug-likeness (QED) is 0.330. The molecule has 2 fully saturated rings. The van der Waals surface area contributed by atoms with E-state index in [1.165, 1.54) is 12.1 Å². The molecule has 3 aliphatic rings. The molecule has 5 heterocycles. The molecule has 12 heteroatoms. The number of ether oxygens (including phenoxy) is 2. The minimum absolute atomic E-state index is 0.104. The van der Waals surface area contributed by atoms with Gasteiger partial charge in [-0.1, -0.05) is 18.2 Å². The highest BCUT2D eigenvalue weighted by atomic mass is 19.3. The molecule has 6 rings (SSSR count). The molecule has 2 N–H and O–H groups in total. The zero-order valence-corrected chi connectivity index (χ0v) is 27.1. The number of amides is 1. The molecule has 46 heavy (non-hydrogen) atoms. The predicted octanol–water partition coefficient (Wildman–Crippen LogP) is 4.67. The first kappa shape index (κ1) is 32.7. The molecule has 1 amide bonds. The Bertz CT molecular complexity index is 1520.